The molecule has 0 saturated heterocycles. The lowest BCUT2D eigenvalue weighted by Crippen LogP contribution is -2.33. The van der Waals surface area contributed by atoms with Gasteiger partial charge in [0.1, 0.15) is 5.69 Å². The average molecular weight is 332 g/mol. The second-order valence-corrected chi connectivity index (χ2v) is 5.91. The SMILES string of the molecule is CNc1c(Cl)cc(C(=O)NC(C)CCSC)cc1[N+](=O)[O-]. The summed E-state index contributed by atoms with van der Waals surface area (Å²) < 4.78 is 0. The van der Waals surface area contributed by atoms with Gasteiger partial charge in [0.05, 0.1) is 9.95 Å². The number of halogens is 1. The molecule has 116 valence electrons. The van der Waals surface area contributed by atoms with Crippen molar-refractivity contribution in [2.45, 2.75) is 19.4 Å². The van der Waals surface area contributed by atoms with Crippen LogP contribution in [0.4, 0.5) is 11.4 Å². The second-order valence-electron chi connectivity index (χ2n) is 4.52. The second kappa shape index (κ2) is 8.09. The van der Waals surface area contributed by atoms with E-state index in [2.05, 4.69) is 10.6 Å². The van der Waals surface area contributed by atoms with Gasteiger partial charge in [0.15, 0.2) is 0 Å². The molecule has 1 aromatic rings. The number of hydrogen-bond donors (Lipinski definition) is 2. The minimum atomic E-state index is -0.564. The molecule has 0 aromatic heterocycles. The fraction of sp³-hybridized carbons (Fsp3) is 0.462. The van der Waals surface area contributed by atoms with Crippen molar-refractivity contribution in [1.29, 1.82) is 0 Å². The monoisotopic (exact) mass is 331 g/mol. The van der Waals surface area contributed by atoms with Crippen molar-refractivity contribution in [2.75, 3.05) is 24.4 Å². The predicted molar refractivity (Wildman–Crippen MR) is 87.6 cm³/mol. The number of amides is 1. The summed E-state index contributed by atoms with van der Waals surface area (Å²) in [7, 11) is 1.54. The number of rotatable bonds is 7. The quantitative estimate of drug-likeness (QED) is 0.592. The first-order valence-corrected chi connectivity index (χ1v) is 8.13. The van der Waals surface area contributed by atoms with Crippen LogP contribution in [0.3, 0.4) is 0 Å². The van der Waals surface area contributed by atoms with Crippen LogP contribution in [0.15, 0.2) is 12.1 Å². The maximum absolute atomic E-state index is 12.1. The molecule has 0 fully saturated rings. The third-order valence-electron chi connectivity index (χ3n) is 2.91. The molecule has 1 unspecified atom stereocenters. The van der Waals surface area contributed by atoms with Crippen LogP contribution >= 0.6 is 23.4 Å². The maximum Gasteiger partial charge on any atom is 0.294 e. The Morgan fingerprint density at radius 2 is 2.19 bits per heavy atom. The van der Waals surface area contributed by atoms with Gasteiger partial charge >= 0.3 is 0 Å². The molecule has 0 aliphatic heterocycles. The minimum absolute atomic E-state index is 0.00763. The Morgan fingerprint density at radius 1 is 1.52 bits per heavy atom. The number of anilines is 1. The number of nitrogens with one attached hydrogen (secondary N) is 2. The zero-order valence-electron chi connectivity index (χ0n) is 12.1. The number of hydrogen-bond acceptors (Lipinski definition) is 5. The Bertz CT molecular complexity index is 540. The number of carbonyl (C=O) groups excluding carboxylic acids is 1. The highest BCUT2D eigenvalue weighted by molar-refractivity contribution is 7.98. The van der Waals surface area contributed by atoms with Gasteiger partial charge in [-0.25, -0.2) is 0 Å². The Balaban J connectivity index is 2.98. The van der Waals surface area contributed by atoms with E-state index in [0.717, 1.165) is 12.2 Å². The third kappa shape index (κ3) is 4.78. The molecule has 2 N–H and O–H groups in total. The van der Waals surface area contributed by atoms with Gasteiger partial charge in [0.25, 0.3) is 11.6 Å². The molecule has 0 aliphatic rings. The van der Waals surface area contributed by atoms with Gasteiger partial charge in [-0.2, -0.15) is 11.8 Å². The van der Waals surface area contributed by atoms with E-state index in [1.165, 1.54) is 12.1 Å². The van der Waals surface area contributed by atoms with Crippen molar-refractivity contribution >= 4 is 40.6 Å². The lowest BCUT2D eigenvalue weighted by atomic mass is 10.1. The third-order valence-corrected chi connectivity index (χ3v) is 3.85. The molecular weight excluding hydrogens is 314 g/mol. The van der Waals surface area contributed by atoms with Crippen molar-refractivity contribution in [2.24, 2.45) is 0 Å². The van der Waals surface area contributed by atoms with Crippen LogP contribution in [0.5, 0.6) is 0 Å². The van der Waals surface area contributed by atoms with Crippen LogP contribution in [0, 0.1) is 10.1 Å². The Labute approximate surface area is 132 Å². The van der Waals surface area contributed by atoms with Crippen LogP contribution < -0.4 is 10.6 Å². The summed E-state index contributed by atoms with van der Waals surface area (Å²) in [6.07, 6.45) is 2.82. The molecule has 8 heteroatoms. The lowest BCUT2D eigenvalue weighted by Gasteiger charge is -2.14. The largest absolute Gasteiger partial charge is 0.381 e. The van der Waals surface area contributed by atoms with Gasteiger partial charge in [0.2, 0.25) is 0 Å². The van der Waals surface area contributed by atoms with Crippen molar-refractivity contribution in [3.05, 3.63) is 32.8 Å². The van der Waals surface area contributed by atoms with E-state index in [1.807, 2.05) is 13.2 Å². The van der Waals surface area contributed by atoms with E-state index in [0.29, 0.717) is 0 Å². The number of carbonyl (C=O) groups is 1. The Kier molecular flexibility index (Phi) is 6.77. The molecule has 0 radical (unpaired) electrons. The van der Waals surface area contributed by atoms with Crippen LogP contribution in [-0.4, -0.2) is 35.9 Å². The molecule has 1 rings (SSSR count). The molecule has 1 atom stereocenters. The molecule has 0 aliphatic carbocycles. The highest BCUT2D eigenvalue weighted by Crippen LogP contribution is 2.33. The Hall–Kier alpha value is -1.47. The molecule has 6 nitrogen and oxygen atoms in total. The van der Waals surface area contributed by atoms with Gasteiger partial charge in [-0.15, -0.1) is 0 Å². The van der Waals surface area contributed by atoms with E-state index in [1.54, 1.807) is 18.8 Å². The smallest absolute Gasteiger partial charge is 0.294 e. The van der Waals surface area contributed by atoms with E-state index in [-0.39, 0.29) is 33.9 Å². The minimum Gasteiger partial charge on any atom is -0.381 e. The molecule has 21 heavy (non-hydrogen) atoms. The van der Waals surface area contributed by atoms with Crippen LogP contribution in [0.25, 0.3) is 0 Å². The van der Waals surface area contributed by atoms with Crippen molar-refractivity contribution in [3.63, 3.8) is 0 Å². The van der Waals surface area contributed by atoms with Crippen molar-refractivity contribution in [1.82, 2.24) is 5.32 Å². The summed E-state index contributed by atoms with van der Waals surface area (Å²) in [4.78, 5) is 22.6. The van der Waals surface area contributed by atoms with E-state index < -0.39 is 4.92 Å². The summed E-state index contributed by atoms with van der Waals surface area (Å²) >= 11 is 7.69. The number of thioether (sulfide) groups is 1. The summed E-state index contributed by atoms with van der Waals surface area (Å²) in [6.45, 7) is 1.89. The first-order valence-electron chi connectivity index (χ1n) is 6.36. The standard InChI is InChI=1S/C13H18ClN3O3S/c1-8(4-5-21-3)16-13(18)9-6-10(14)12(15-2)11(7-9)17(19)20/h6-8,15H,4-5H2,1-3H3,(H,16,18). The number of nitro groups is 1. The van der Waals surface area contributed by atoms with Gasteiger partial charge < -0.3 is 10.6 Å². The molecule has 1 amide bonds. The molecular formula is C13H18ClN3O3S. The van der Waals surface area contributed by atoms with Gasteiger partial charge in [0, 0.05) is 24.7 Å². The van der Waals surface area contributed by atoms with Crippen LogP contribution in [0.1, 0.15) is 23.7 Å². The van der Waals surface area contributed by atoms with E-state index in [4.69, 9.17) is 11.6 Å². The van der Waals surface area contributed by atoms with Crippen molar-refractivity contribution < 1.29 is 9.72 Å². The van der Waals surface area contributed by atoms with Crippen LogP contribution in [-0.2, 0) is 0 Å². The fourth-order valence-corrected chi connectivity index (χ4v) is 2.69. The number of nitrogens with zero attached hydrogens (tertiary/aromatic N) is 1. The number of benzene rings is 1. The first-order chi connectivity index (χ1) is 9.90. The summed E-state index contributed by atoms with van der Waals surface area (Å²) in [5.74, 6) is 0.567. The lowest BCUT2D eigenvalue weighted by molar-refractivity contribution is -0.383. The predicted octanol–water partition coefficient (Wildman–Crippen LogP) is 3.16. The fourth-order valence-electron chi connectivity index (χ4n) is 1.79. The molecule has 0 bridgehead atoms. The highest BCUT2D eigenvalue weighted by Gasteiger charge is 2.21. The van der Waals surface area contributed by atoms with Gasteiger partial charge in [-0.3, -0.25) is 14.9 Å². The summed E-state index contributed by atoms with van der Waals surface area (Å²) in [5.41, 5.74) is 0.169. The van der Waals surface area contributed by atoms with Gasteiger partial charge in [-0.05, 0) is 31.4 Å². The Morgan fingerprint density at radius 3 is 2.71 bits per heavy atom. The molecule has 0 spiro atoms. The summed E-state index contributed by atoms with van der Waals surface area (Å²) in [5, 5.41) is 16.7. The normalized spacial score (nSPS) is 11.8. The number of nitro benzene ring substituents is 1. The highest BCUT2D eigenvalue weighted by atomic mass is 35.5. The molecule has 1 aromatic carbocycles. The van der Waals surface area contributed by atoms with Crippen LogP contribution in [0.2, 0.25) is 5.02 Å². The zero-order valence-corrected chi connectivity index (χ0v) is 13.7. The topological polar surface area (TPSA) is 84.3 Å². The van der Waals surface area contributed by atoms with E-state index in [9.17, 15) is 14.9 Å². The van der Waals surface area contributed by atoms with E-state index >= 15 is 0 Å². The summed E-state index contributed by atoms with van der Waals surface area (Å²) in [6, 6.07) is 2.65. The maximum atomic E-state index is 12.1. The van der Waals surface area contributed by atoms with Crippen molar-refractivity contribution in [3.8, 4) is 0 Å². The first kappa shape index (κ1) is 17.6. The zero-order chi connectivity index (χ0) is 16.0. The van der Waals surface area contributed by atoms with Gasteiger partial charge in [-0.1, -0.05) is 11.6 Å². The molecule has 0 saturated carbocycles. The molecule has 0 heterocycles. The average Bonchev–Trinajstić information content (AvgIpc) is 2.43.